The summed E-state index contributed by atoms with van der Waals surface area (Å²) in [5.41, 5.74) is 6.58. The van der Waals surface area contributed by atoms with Crippen molar-refractivity contribution in [2.75, 3.05) is 32.6 Å². The van der Waals surface area contributed by atoms with Gasteiger partial charge in [-0.05, 0) is 48.4 Å². The lowest BCUT2D eigenvalue weighted by Gasteiger charge is -2.19. The van der Waals surface area contributed by atoms with Crippen LogP contribution in [0.5, 0.6) is 11.5 Å². The fraction of sp³-hybridized carbons (Fsp3) is 0.280. The maximum Gasteiger partial charge on any atom is 0.515 e. The number of benzene rings is 2. The molecule has 0 amide bonds. The number of nitrogens with zero attached hydrogens (tertiary/aromatic N) is 3. The number of carbonyl (C=O) groups is 1. The number of hydrogen-bond acceptors (Lipinski definition) is 12. The number of methoxy groups -OCH3 is 1. The highest BCUT2D eigenvalue weighted by molar-refractivity contribution is 7.53. The number of nitrogens with two attached hydrogens (primary N) is 1. The van der Waals surface area contributed by atoms with Crippen molar-refractivity contribution in [1.82, 2.24) is 19.5 Å². The number of carbonyl (C=O) groups excluding carboxylic acids is 1. The molecule has 0 saturated heterocycles. The first kappa shape index (κ1) is 29.7. The molecule has 2 aromatic carbocycles. The molecule has 0 spiro atoms. The molecule has 218 valence electrons. The third-order valence-electron chi connectivity index (χ3n) is 5.53. The molecule has 14 nitrogen and oxygen atoms in total. The van der Waals surface area contributed by atoms with Gasteiger partial charge >= 0.3 is 13.8 Å². The van der Waals surface area contributed by atoms with Crippen molar-refractivity contribution in [3.8, 4) is 11.5 Å². The molecule has 2 heterocycles. The summed E-state index contributed by atoms with van der Waals surface area (Å²) in [6, 6.07) is 10.2. The SMILES string of the molecule is COc1ccc(OC(=O)OCOP(=O)(COCCn2cnc3c(=O)[nH]c(N)nc32)OCc2cccc(F)c2)cc1C. The van der Waals surface area contributed by atoms with Crippen molar-refractivity contribution < 1.29 is 41.7 Å². The molecule has 0 saturated carbocycles. The number of rotatable bonds is 13. The van der Waals surface area contributed by atoms with Crippen molar-refractivity contribution >= 4 is 30.9 Å². The Morgan fingerprint density at radius 3 is 2.78 bits per heavy atom. The second kappa shape index (κ2) is 13.4. The van der Waals surface area contributed by atoms with Crippen LogP contribution in [0, 0.1) is 12.7 Å². The van der Waals surface area contributed by atoms with Gasteiger partial charge in [-0.25, -0.2) is 14.2 Å². The number of H-pyrrole nitrogens is 1. The number of nitrogens with one attached hydrogen (secondary N) is 1. The highest BCUT2D eigenvalue weighted by atomic mass is 31.2. The van der Waals surface area contributed by atoms with Crippen molar-refractivity contribution in [1.29, 1.82) is 0 Å². The zero-order valence-electron chi connectivity index (χ0n) is 22.1. The van der Waals surface area contributed by atoms with Gasteiger partial charge in [-0.15, -0.1) is 0 Å². The average Bonchev–Trinajstić information content (AvgIpc) is 3.33. The van der Waals surface area contributed by atoms with Gasteiger partial charge in [0, 0.05) is 6.54 Å². The molecule has 0 aliphatic rings. The Labute approximate surface area is 232 Å². The summed E-state index contributed by atoms with van der Waals surface area (Å²) in [5, 5.41) is 0. The third kappa shape index (κ3) is 8.11. The van der Waals surface area contributed by atoms with Crippen LogP contribution in [0.4, 0.5) is 15.1 Å². The minimum absolute atomic E-state index is 0.0176. The molecule has 0 aliphatic heterocycles. The number of fused-ring (bicyclic) bond motifs is 1. The van der Waals surface area contributed by atoms with E-state index < -0.39 is 38.3 Å². The van der Waals surface area contributed by atoms with Crippen LogP contribution in [0.25, 0.3) is 11.2 Å². The number of nitrogen functional groups attached to an aromatic ring is 1. The summed E-state index contributed by atoms with van der Waals surface area (Å²) < 4.78 is 59.9. The van der Waals surface area contributed by atoms with E-state index >= 15 is 0 Å². The molecule has 0 fully saturated rings. The van der Waals surface area contributed by atoms with E-state index in [2.05, 4.69) is 15.0 Å². The second-order valence-corrected chi connectivity index (χ2v) is 10.5. The van der Waals surface area contributed by atoms with Crippen LogP contribution >= 0.6 is 7.60 Å². The van der Waals surface area contributed by atoms with E-state index in [4.69, 9.17) is 33.7 Å². The van der Waals surface area contributed by atoms with Crippen LogP contribution in [0.15, 0.2) is 53.6 Å². The normalized spacial score (nSPS) is 12.7. The first-order chi connectivity index (χ1) is 19.7. The Morgan fingerprint density at radius 2 is 2.02 bits per heavy atom. The third-order valence-corrected chi connectivity index (χ3v) is 7.05. The fourth-order valence-electron chi connectivity index (χ4n) is 3.58. The molecule has 4 rings (SSSR count). The van der Waals surface area contributed by atoms with Crippen molar-refractivity contribution in [3.05, 3.63) is 76.1 Å². The number of aromatic nitrogens is 4. The summed E-state index contributed by atoms with van der Waals surface area (Å²) in [4.78, 5) is 34.5. The van der Waals surface area contributed by atoms with Gasteiger partial charge in [-0.2, -0.15) is 4.98 Å². The number of aryl methyl sites for hydroxylation is 1. The molecule has 0 bridgehead atoms. The topological polar surface area (TPSA) is 179 Å². The summed E-state index contributed by atoms with van der Waals surface area (Å²) in [6.07, 6.45) is -0.266. The first-order valence-corrected chi connectivity index (χ1v) is 13.8. The van der Waals surface area contributed by atoms with Gasteiger partial charge in [0.25, 0.3) is 5.56 Å². The number of hydrogen-bond donors (Lipinski definition) is 2. The Morgan fingerprint density at radius 1 is 1.20 bits per heavy atom. The number of aromatic amines is 1. The van der Waals surface area contributed by atoms with Gasteiger partial charge < -0.3 is 33.8 Å². The monoisotopic (exact) mass is 591 g/mol. The van der Waals surface area contributed by atoms with E-state index in [-0.39, 0.29) is 42.6 Å². The zero-order valence-corrected chi connectivity index (χ0v) is 23.0. The number of imidazole rings is 1. The van der Waals surface area contributed by atoms with E-state index in [0.717, 1.165) is 5.56 Å². The molecule has 16 heteroatoms. The summed E-state index contributed by atoms with van der Waals surface area (Å²) in [7, 11) is -2.52. The summed E-state index contributed by atoms with van der Waals surface area (Å²) in [6.45, 7) is 0.867. The van der Waals surface area contributed by atoms with Crippen molar-refractivity contribution in [3.63, 3.8) is 0 Å². The van der Waals surface area contributed by atoms with Crippen molar-refractivity contribution in [2.45, 2.75) is 20.1 Å². The lowest BCUT2D eigenvalue weighted by Crippen LogP contribution is -2.15. The maximum absolute atomic E-state index is 13.6. The molecule has 41 heavy (non-hydrogen) atoms. The van der Waals surface area contributed by atoms with Gasteiger partial charge in [0.1, 0.15) is 23.7 Å². The van der Waals surface area contributed by atoms with Crippen LogP contribution in [-0.4, -0.2) is 52.5 Å². The van der Waals surface area contributed by atoms with E-state index in [1.807, 2.05) is 0 Å². The van der Waals surface area contributed by atoms with Gasteiger partial charge in [-0.3, -0.25) is 18.9 Å². The highest BCUT2D eigenvalue weighted by Gasteiger charge is 2.27. The predicted octanol–water partition coefficient (Wildman–Crippen LogP) is 3.73. The van der Waals surface area contributed by atoms with Crippen LogP contribution in [0.3, 0.4) is 0 Å². The standard InChI is InChI=1S/C25H27FN5O9P/c1-16-10-19(6-7-20(16)35-2)40-25(33)37-14-39-41(34,38-12-17-4-3-5-18(26)11-17)15-36-9-8-31-13-28-21-22(31)29-24(27)30-23(21)32/h3-7,10-11,13H,8-9,12,14-15H2,1-2H3,(H3,27,29,30,32). The van der Waals surface area contributed by atoms with E-state index in [1.165, 1.54) is 42.3 Å². The molecule has 3 N–H and O–H groups in total. The Balaban J connectivity index is 1.34. The van der Waals surface area contributed by atoms with Crippen molar-refractivity contribution in [2.24, 2.45) is 0 Å². The Hall–Kier alpha value is -4.30. The number of anilines is 1. The average molecular weight is 591 g/mol. The maximum atomic E-state index is 13.6. The summed E-state index contributed by atoms with van der Waals surface area (Å²) in [5.74, 6) is 0.237. The molecular weight excluding hydrogens is 564 g/mol. The van der Waals surface area contributed by atoms with Crippen LogP contribution in [-0.2, 0) is 36.2 Å². The zero-order chi connectivity index (χ0) is 29.4. The predicted molar refractivity (Wildman–Crippen MR) is 143 cm³/mol. The van der Waals surface area contributed by atoms with Gasteiger partial charge in [0.05, 0.1) is 26.7 Å². The minimum atomic E-state index is -4.04. The molecule has 1 atom stereocenters. The molecule has 0 radical (unpaired) electrons. The van der Waals surface area contributed by atoms with Crippen LogP contribution in [0.1, 0.15) is 11.1 Å². The Kier molecular flexibility index (Phi) is 9.68. The fourth-order valence-corrected chi connectivity index (χ4v) is 4.72. The molecule has 2 aromatic heterocycles. The summed E-state index contributed by atoms with van der Waals surface area (Å²) >= 11 is 0. The second-order valence-electron chi connectivity index (χ2n) is 8.49. The van der Waals surface area contributed by atoms with Gasteiger partial charge in [0.15, 0.2) is 11.2 Å². The largest absolute Gasteiger partial charge is 0.515 e. The lowest BCUT2D eigenvalue weighted by atomic mass is 10.2. The van der Waals surface area contributed by atoms with E-state index in [1.54, 1.807) is 25.1 Å². The molecule has 1 unspecified atom stereocenters. The van der Waals surface area contributed by atoms with Crippen LogP contribution < -0.4 is 20.8 Å². The number of ether oxygens (including phenoxy) is 4. The molecule has 0 aliphatic carbocycles. The first-order valence-electron chi connectivity index (χ1n) is 12.1. The van der Waals surface area contributed by atoms with E-state index in [0.29, 0.717) is 11.3 Å². The molecular formula is C25H27FN5O9P. The Bertz CT molecular complexity index is 1630. The van der Waals surface area contributed by atoms with Gasteiger partial charge in [0.2, 0.25) is 12.7 Å². The number of halogens is 1. The van der Waals surface area contributed by atoms with Crippen LogP contribution in [0.2, 0.25) is 0 Å². The smallest absolute Gasteiger partial charge is 0.496 e. The van der Waals surface area contributed by atoms with E-state index in [9.17, 15) is 18.5 Å². The minimum Gasteiger partial charge on any atom is -0.496 e. The quantitative estimate of drug-likeness (QED) is 0.0758. The lowest BCUT2D eigenvalue weighted by molar-refractivity contribution is 0.0153. The van der Waals surface area contributed by atoms with Gasteiger partial charge in [-0.1, -0.05) is 12.1 Å². The molecule has 4 aromatic rings. The highest BCUT2D eigenvalue weighted by Crippen LogP contribution is 2.49.